The Morgan fingerprint density at radius 2 is 1.86 bits per heavy atom. The van der Waals surface area contributed by atoms with Crippen molar-refractivity contribution in [3.8, 4) is 11.1 Å². The molecule has 0 aliphatic heterocycles. The number of benzene rings is 1. The minimum Gasteiger partial charge on any atom is -0.261 e. The van der Waals surface area contributed by atoms with Gasteiger partial charge in [0.2, 0.25) is 0 Å². The fourth-order valence-electron chi connectivity index (χ4n) is 2.44. The average molecular weight is 395 g/mol. The number of fused-ring (bicyclic) bond motifs is 1. The molecular weight excluding hydrogens is 377 g/mol. The number of unbranched alkanes of at least 4 members (excludes halogenated alkanes) is 1. The first kappa shape index (κ1) is 17.2. The van der Waals surface area contributed by atoms with Gasteiger partial charge in [-0.05, 0) is 36.6 Å². The second kappa shape index (κ2) is 8.46. The van der Waals surface area contributed by atoms with E-state index in [2.05, 4.69) is 47.2 Å². The Labute approximate surface area is 184 Å². The van der Waals surface area contributed by atoms with Crippen molar-refractivity contribution in [1.82, 2.24) is 9.97 Å². The van der Waals surface area contributed by atoms with Gasteiger partial charge in [0.05, 0.1) is 5.52 Å². The Balaban J connectivity index is 0.00000161. The molecule has 0 fully saturated rings. The van der Waals surface area contributed by atoms with E-state index in [0.717, 1.165) is 17.5 Å². The van der Waals surface area contributed by atoms with Crippen LogP contribution in [0.1, 0.15) is 25.5 Å². The summed E-state index contributed by atoms with van der Waals surface area (Å²) < 4.78 is 0. The van der Waals surface area contributed by atoms with Crippen molar-refractivity contribution in [3.05, 3.63) is 60.6 Å². The van der Waals surface area contributed by atoms with E-state index in [-0.39, 0.29) is 68.9 Å². The Morgan fingerprint density at radius 1 is 0.952 bits per heavy atom. The van der Waals surface area contributed by atoms with Gasteiger partial charge in [0.15, 0.2) is 0 Å². The van der Waals surface area contributed by atoms with E-state index in [1.54, 1.807) is 0 Å². The number of aryl methyl sites for hydroxylation is 1. The smallest absolute Gasteiger partial charge is 0.0708 e. The second-order valence-electron chi connectivity index (χ2n) is 5.02. The molecule has 3 rings (SSSR count). The maximum atomic E-state index is 4.58. The fourth-order valence-corrected chi connectivity index (χ4v) is 2.44. The summed E-state index contributed by atoms with van der Waals surface area (Å²) in [6, 6.07) is 14.6. The van der Waals surface area contributed by atoms with E-state index in [0.29, 0.717) is 0 Å². The molecular formula is C18H18CsN2. The molecule has 2 aromatic heterocycles. The number of rotatable bonds is 4. The van der Waals surface area contributed by atoms with Gasteiger partial charge in [-0.25, -0.2) is 0 Å². The Hall–Kier alpha value is -0.168. The molecule has 0 aliphatic rings. The zero-order valence-electron chi connectivity index (χ0n) is 12.7. The molecule has 0 atom stereocenters. The summed E-state index contributed by atoms with van der Waals surface area (Å²) in [5.74, 6) is 0. The fraction of sp³-hybridized carbons (Fsp3) is 0.222. The molecule has 3 aromatic rings. The van der Waals surface area contributed by atoms with Crippen molar-refractivity contribution in [1.29, 1.82) is 0 Å². The van der Waals surface area contributed by atoms with Crippen LogP contribution in [-0.2, 0) is 6.42 Å². The summed E-state index contributed by atoms with van der Waals surface area (Å²) in [5.41, 5.74) is 4.56. The molecule has 0 saturated heterocycles. The van der Waals surface area contributed by atoms with Crippen LogP contribution in [-0.4, -0.2) is 78.9 Å². The molecule has 0 bridgehead atoms. The summed E-state index contributed by atoms with van der Waals surface area (Å²) >= 11 is 0. The molecule has 0 unspecified atom stereocenters. The van der Waals surface area contributed by atoms with Gasteiger partial charge in [0, 0.05) is 97.9 Å². The zero-order valence-corrected chi connectivity index (χ0v) is 19.0. The summed E-state index contributed by atoms with van der Waals surface area (Å²) in [6.45, 7) is 2.21. The van der Waals surface area contributed by atoms with Crippen LogP contribution in [0.2, 0.25) is 0 Å². The third kappa shape index (κ3) is 4.18. The summed E-state index contributed by atoms with van der Waals surface area (Å²) in [5, 5.41) is 1.18. The van der Waals surface area contributed by atoms with Crippen molar-refractivity contribution in [3.63, 3.8) is 0 Å². The number of pyridine rings is 2. The number of hydrogen-bond donors (Lipinski definition) is 0. The van der Waals surface area contributed by atoms with Crippen molar-refractivity contribution < 1.29 is 0 Å². The maximum absolute atomic E-state index is 4.58. The van der Waals surface area contributed by atoms with Gasteiger partial charge >= 0.3 is 0 Å². The first-order valence-corrected chi connectivity index (χ1v) is 7.17. The van der Waals surface area contributed by atoms with Gasteiger partial charge in [-0.1, -0.05) is 37.6 Å². The standard InChI is InChI=1S/C18H18N2.Cs/c1-2-3-6-15-11-10-14(13-20-15)16-7-4-9-18-17(16)8-5-12-19-18;/h4-5,7-13H,2-3,6H2,1H3;. The van der Waals surface area contributed by atoms with Crippen LogP contribution in [0.25, 0.3) is 22.0 Å². The van der Waals surface area contributed by atoms with Gasteiger partial charge in [-0.3, -0.25) is 9.97 Å². The Kier molecular flexibility index (Phi) is 6.93. The van der Waals surface area contributed by atoms with E-state index in [9.17, 15) is 0 Å². The molecule has 2 heterocycles. The normalized spacial score (nSPS) is 10.3. The Morgan fingerprint density at radius 3 is 2.62 bits per heavy atom. The minimum absolute atomic E-state index is 0. The van der Waals surface area contributed by atoms with E-state index in [1.807, 2.05) is 24.5 Å². The molecule has 3 heteroatoms. The predicted octanol–water partition coefficient (Wildman–Crippen LogP) is 4.26. The summed E-state index contributed by atoms with van der Waals surface area (Å²) in [6.07, 6.45) is 7.28. The quantitative estimate of drug-likeness (QED) is 0.660. The number of hydrogen-bond acceptors (Lipinski definition) is 2. The molecule has 1 aromatic carbocycles. The van der Waals surface area contributed by atoms with Crippen LogP contribution < -0.4 is 0 Å². The van der Waals surface area contributed by atoms with Gasteiger partial charge in [0.1, 0.15) is 0 Å². The van der Waals surface area contributed by atoms with Crippen LogP contribution in [0.3, 0.4) is 0 Å². The van der Waals surface area contributed by atoms with Gasteiger partial charge in [0.25, 0.3) is 0 Å². The zero-order chi connectivity index (χ0) is 13.8. The van der Waals surface area contributed by atoms with Crippen molar-refractivity contribution in [2.75, 3.05) is 0 Å². The molecule has 0 aliphatic carbocycles. The third-order valence-corrected chi connectivity index (χ3v) is 3.57. The number of nitrogens with zero attached hydrogens (tertiary/aromatic N) is 2. The monoisotopic (exact) mass is 395 g/mol. The van der Waals surface area contributed by atoms with Crippen molar-refractivity contribution in [2.45, 2.75) is 26.2 Å². The summed E-state index contributed by atoms with van der Waals surface area (Å²) in [4.78, 5) is 8.98. The molecule has 0 amide bonds. The molecule has 0 spiro atoms. The first-order valence-electron chi connectivity index (χ1n) is 7.17. The van der Waals surface area contributed by atoms with E-state index in [4.69, 9.17) is 0 Å². The molecule has 21 heavy (non-hydrogen) atoms. The Bertz CT molecular complexity index is 702. The van der Waals surface area contributed by atoms with Gasteiger partial charge in [-0.2, -0.15) is 0 Å². The van der Waals surface area contributed by atoms with Crippen LogP contribution in [0, 0.1) is 0 Å². The SMILES string of the molecule is CCCCc1ccc(-c2cccc3ncccc23)cn1.[Cs]. The van der Waals surface area contributed by atoms with Crippen LogP contribution in [0.4, 0.5) is 0 Å². The molecule has 2 nitrogen and oxygen atoms in total. The molecule has 1 radical (unpaired) electrons. The van der Waals surface area contributed by atoms with Crippen LogP contribution in [0.5, 0.6) is 0 Å². The van der Waals surface area contributed by atoms with Gasteiger partial charge in [-0.15, -0.1) is 0 Å². The number of aromatic nitrogens is 2. The maximum Gasteiger partial charge on any atom is 0.0708 e. The van der Waals surface area contributed by atoms with Crippen LogP contribution in [0.15, 0.2) is 54.9 Å². The van der Waals surface area contributed by atoms with Crippen molar-refractivity contribution >= 4 is 79.8 Å². The minimum atomic E-state index is 0. The third-order valence-electron chi connectivity index (χ3n) is 3.57. The first-order chi connectivity index (χ1) is 9.88. The van der Waals surface area contributed by atoms with E-state index < -0.39 is 0 Å². The topological polar surface area (TPSA) is 25.8 Å². The summed E-state index contributed by atoms with van der Waals surface area (Å²) in [7, 11) is 0. The molecule has 0 N–H and O–H groups in total. The van der Waals surface area contributed by atoms with Crippen LogP contribution >= 0.6 is 0 Å². The largest absolute Gasteiger partial charge is 0.261 e. The molecule has 0 saturated carbocycles. The predicted molar refractivity (Wildman–Crippen MR) is 89.3 cm³/mol. The van der Waals surface area contributed by atoms with Gasteiger partial charge < -0.3 is 0 Å². The van der Waals surface area contributed by atoms with Crippen molar-refractivity contribution in [2.24, 2.45) is 0 Å². The molecule has 101 valence electrons. The average Bonchev–Trinajstić information content (AvgIpc) is 2.53. The second-order valence-corrected chi connectivity index (χ2v) is 5.02. The van der Waals surface area contributed by atoms with E-state index in [1.165, 1.54) is 29.5 Å². The van der Waals surface area contributed by atoms with E-state index >= 15 is 0 Å².